The Morgan fingerprint density at radius 3 is 2.80 bits per heavy atom. The third-order valence-electron chi connectivity index (χ3n) is 4.01. The fourth-order valence-electron chi connectivity index (χ4n) is 2.57. The predicted octanol–water partition coefficient (Wildman–Crippen LogP) is 3.96. The highest BCUT2D eigenvalue weighted by Gasteiger charge is 2.32. The maximum absolute atomic E-state index is 13.3. The summed E-state index contributed by atoms with van der Waals surface area (Å²) >= 11 is 4.87. The van der Waals surface area contributed by atoms with Gasteiger partial charge in [-0.15, -0.1) is 11.3 Å². The molecule has 0 atom stereocenters. The van der Waals surface area contributed by atoms with Crippen molar-refractivity contribution in [2.24, 2.45) is 0 Å². The molecule has 4 nitrogen and oxygen atoms in total. The van der Waals surface area contributed by atoms with E-state index >= 15 is 0 Å². The largest absolute Gasteiger partial charge is 0.351 e. The number of amides is 2. The number of hydrogen-bond acceptors (Lipinski definition) is 3. The fraction of sp³-hybridized carbons (Fsp3) is 0.333. The molecule has 132 valence electrons. The van der Waals surface area contributed by atoms with Crippen LogP contribution in [0.15, 0.2) is 40.2 Å². The Hall–Kier alpha value is -1.73. The summed E-state index contributed by atoms with van der Waals surface area (Å²) in [5, 5.41) is 4.69. The van der Waals surface area contributed by atoms with Crippen molar-refractivity contribution in [2.45, 2.75) is 31.8 Å². The van der Waals surface area contributed by atoms with E-state index in [4.69, 9.17) is 0 Å². The van der Waals surface area contributed by atoms with Gasteiger partial charge >= 0.3 is 0 Å². The van der Waals surface area contributed by atoms with Gasteiger partial charge in [-0.2, -0.15) is 0 Å². The lowest BCUT2D eigenvalue weighted by Gasteiger charge is -2.22. The van der Waals surface area contributed by atoms with Crippen molar-refractivity contribution >= 4 is 39.1 Å². The van der Waals surface area contributed by atoms with Crippen LogP contribution < -0.4 is 5.32 Å². The highest BCUT2D eigenvalue weighted by molar-refractivity contribution is 9.10. The first kappa shape index (κ1) is 18.1. The van der Waals surface area contributed by atoms with Crippen LogP contribution in [0.3, 0.4) is 0 Å². The highest BCUT2D eigenvalue weighted by atomic mass is 79.9. The minimum atomic E-state index is -0.472. The average molecular weight is 425 g/mol. The van der Waals surface area contributed by atoms with Gasteiger partial charge in [0.1, 0.15) is 5.82 Å². The van der Waals surface area contributed by atoms with Crippen molar-refractivity contribution in [1.82, 2.24) is 10.2 Å². The van der Waals surface area contributed by atoms with Gasteiger partial charge in [0.2, 0.25) is 5.91 Å². The summed E-state index contributed by atoms with van der Waals surface area (Å²) in [6, 6.07) is 8.27. The van der Waals surface area contributed by atoms with E-state index in [1.165, 1.54) is 18.2 Å². The SMILES string of the molecule is O=C(NCCC(=O)N(Cc1cccs1)C1CC1)c1cc(F)ccc1Br. The molecule has 0 spiro atoms. The molecule has 0 unspecified atom stereocenters. The average Bonchev–Trinajstić information content (AvgIpc) is 3.30. The Labute approximate surface area is 158 Å². The van der Waals surface area contributed by atoms with Gasteiger partial charge in [-0.1, -0.05) is 6.07 Å². The molecule has 2 amide bonds. The number of thiophene rings is 1. The van der Waals surface area contributed by atoms with Gasteiger partial charge in [-0.25, -0.2) is 4.39 Å². The summed E-state index contributed by atoms with van der Waals surface area (Å²) in [4.78, 5) is 27.7. The normalized spacial score (nSPS) is 13.5. The molecule has 1 aromatic carbocycles. The maximum atomic E-state index is 13.3. The molecule has 1 aliphatic rings. The van der Waals surface area contributed by atoms with Crippen LogP contribution in [0.1, 0.15) is 34.5 Å². The molecule has 7 heteroatoms. The van der Waals surface area contributed by atoms with E-state index < -0.39 is 11.7 Å². The molecule has 0 radical (unpaired) electrons. The molecule has 0 bridgehead atoms. The van der Waals surface area contributed by atoms with E-state index in [1.54, 1.807) is 11.3 Å². The first-order valence-electron chi connectivity index (χ1n) is 8.09. The van der Waals surface area contributed by atoms with E-state index in [-0.39, 0.29) is 24.4 Å². The Kier molecular flexibility index (Phi) is 5.86. The predicted molar refractivity (Wildman–Crippen MR) is 98.9 cm³/mol. The van der Waals surface area contributed by atoms with Crippen LogP contribution in [0.4, 0.5) is 4.39 Å². The molecule has 1 saturated carbocycles. The van der Waals surface area contributed by atoms with E-state index in [0.717, 1.165) is 17.7 Å². The lowest BCUT2D eigenvalue weighted by Crippen LogP contribution is -2.35. The monoisotopic (exact) mass is 424 g/mol. The summed E-state index contributed by atoms with van der Waals surface area (Å²) in [6.45, 7) is 0.860. The lowest BCUT2D eigenvalue weighted by molar-refractivity contribution is -0.132. The zero-order valence-electron chi connectivity index (χ0n) is 13.5. The van der Waals surface area contributed by atoms with E-state index in [9.17, 15) is 14.0 Å². The Bertz CT molecular complexity index is 762. The minimum Gasteiger partial charge on any atom is -0.351 e. The van der Waals surface area contributed by atoms with Crippen molar-refractivity contribution in [3.63, 3.8) is 0 Å². The molecule has 25 heavy (non-hydrogen) atoms. The summed E-state index contributed by atoms with van der Waals surface area (Å²) in [5.74, 6) is -0.829. The maximum Gasteiger partial charge on any atom is 0.252 e. The first-order valence-corrected chi connectivity index (χ1v) is 9.77. The smallest absolute Gasteiger partial charge is 0.252 e. The molecule has 1 fully saturated rings. The zero-order valence-corrected chi connectivity index (χ0v) is 15.9. The Morgan fingerprint density at radius 2 is 2.12 bits per heavy atom. The van der Waals surface area contributed by atoms with Crippen LogP contribution in [0, 0.1) is 5.82 Å². The fourth-order valence-corrected chi connectivity index (χ4v) is 3.70. The molecule has 1 heterocycles. The minimum absolute atomic E-state index is 0.0366. The van der Waals surface area contributed by atoms with Crippen molar-refractivity contribution < 1.29 is 14.0 Å². The highest BCUT2D eigenvalue weighted by Crippen LogP contribution is 2.29. The van der Waals surface area contributed by atoms with E-state index in [0.29, 0.717) is 17.1 Å². The molecule has 1 aliphatic carbocycles. The van der Waals surface area contributed by atoms with E-state index in [2.05, 4.69) is 21.2 Å². The van der Waals surface area contributed by atoms with Crippen LogP contribution in [-0.4, -0.2) is 29.3 Å². The Balaban J connectivity index is 1.52. The van der Waals surface area contributed by atoms with Crippen LogP contribution in [-0.2, 0) is 11.3 Å². The van der Waals surface area contributed by atoms with Crippen molar-refractivity contribution in [3.8, 4) is 0 Å². The number of hydrogen-bond donors (Lipinski definition) is 1. The van der Waals surface area contributed by atoms with Gasteiger partial charge in [0, 0.05) is 28.4 Å². The van der Waals surface area contributed by atoms with Gasteiger partial charge in [-0.3, -0.25) is 9.59 Å². The van der Waals surface area contributed by atoms with Crippen LogP contribution >= 0.6 is 27.3 Å². The van der Waals surface area contributed by atoms with Crippen molar-refractivity contribution in [2.75, 3.05) is 6.54 Å². The lowest BCUT2D eigenvalue weighted by atomic mass is 10.2. The van der Waals surface area contributed by atoms with Gasteiger partial charge in [0.05, 0.1) is 12.1 Å². The van der Waals surface area contributed by atoms with Crippen LogP contribution in [0.5, 0.6) is 0 Å². The summed E-state index contributed by atoms with van der Waals surface area (Å²) in [6.07, 6.45) is 2.32. The van der Waals surface area contributed by atoms with Gasteiger partial charge < -0.3 is 10.2 Å². The van der Waals surface area contributed by atoms with Crippen LogP contribution in [0.25, 0.3) is 0 Å². The number of nitrogens with one attached hydrogen (secondary N) is 1. The summed E-state index contributed by atoms with van der Waals surface area (Å²) in [5.41, 5.74) is 0.227. The van der Waals surface area contributed by atoms with E-state index in [1.807, 2.05) is 22.4 Å². The number of nitrogens with zero attached hydrogens (tertiary/aromatic N) is 1. The number of carbonyl (C=O) groups excluding carboxylic acids is 2. The molecule has 1 aromatic heterocycles. The van der Waals surface area contributed by atoms with Crippen molar-refractivity contribution in [1.29, 1.82) is 0 Å². The third kappa shape index (κ3) is 4.89. The quantitative estimate of drug-likeness (QED) is 0.730. The third-order valence-corrected chi connectivity index (χ3v) is 5.56. The molecule has 2 aromatic rings. The van der Waals surface area contributed by atoms with Crippen LogP contribution in [0.2, 0.25) is 0 Å². The second-order valence-corrected chi connectivity index (χ2v) is 7.85. The standard InChI is InChI=1S/C18H18BrFN2O2S/c19-16-6-3-12(20)10-15(16)18(24)21-8-7-17(23)22(13-4-5-13)11-14-2-1-9-25-14/h1-3,6,9-10,13H,4-5,7-8,11H2,(H,21,24). The molecule has 0 aliphatic heterocycles. The molecular formula is C18H18BrFN2O2S. The van der Waals surface area contributed by atoms with Gasteiger partial charge in [0.15, 0.2) is 0 Å². The van der Waals surface area contributed by atoms with Gasteiger partial charge in [-0.05, 0) is 58.4 Å². The van der Waals surface area contributed by atoms with Crippen molar-refractivity contribution in [3.05, 3.63) is 56.4 Å². The number of carbonyl (C=O) groups is 2. The van der Waals surface area contributed by atoms with Gasteiger partial charge in [0.25, 0.3) is 5.91 Å². The summed E-state index contributed by atoms with van der Waals surface area (Å²) < 4.78 is 13.8. The second-order valence-electron chi connectivity index (χ2n) is 5.96. The molecular weight excluding hydrogens is 407 g/mol. The number of benzene rings is 1. The topological polar surface area (TPSA) is 49.4 Å². The first-order chi connectivity index (χ1) is 12.0. The Morgan fingerprint density at radius 1 is 1.32 bits per heavy atom. The molecule has 0 saturated heterocycles. The number of halogens is 2. The molecule has 1 N–H and O–H groups in total. The zero-order chi connectivity index (χ0) is 17.8. The molecule has 3 rings (SSSR count). The second kappa shape index (κ2) is 8.10. The summed E-state index contributed by atoms with van der Waals surface area (Å²) in [7, 11) is 0. The number of rotatable bonds is 7.